The summed E-state index contributed by atoms with van der Waals surface area (Å²) in [6, 6.07) is 5.11. The summed E-state index contributed by atoms with van der Waals surface area (Å²) < 4.78 is 6.83. The van der Waals surface area contributed by atoms with Crippen LogP contribution in [0, 0.1) is 0 Å². The van der Waals surface area contributed by atoms with Gasteiger partial charge in [0.25, 0.3) is 5.91 Å². The Morgan fingerprint density at radius 3 is 2.55 bits per heavy atom. The van der Waals surface area contributed by atoms with E-state index in [1.54, 1.807) is 42.4 Å². The molecular formula is C15H21ClN4O2. The molecule has 1 aromatic heterocycles. The van der Waals surface area contributed by atoms with E-state index >= 15 is 0 Å². The maximum absolute atomic E-state index is 12.2. The summed E-state index contributed by atoms with van der Waals surface area (Å²) in [6.45, 7) is 6.06. The second-order valence-electron chi connectivity index (χ2n) is 5.76. The van der Waals surface area contributed by atoms with Crippen molar-refractivity contribution in [2.75, 3.05) is 18.2 Å². The van der Waals surface area contributed by atoms with Gasteiger partial charge in [-0.2, -0.15) is 5.10 Å². The summed E-state index contributed by atoms with van der Waals surface area (Å²) in [5.41, 5.74) is 7.24. The van der Waals surface area contributed by atoms with Crippen LogP contribution in [-0.4, -0.2) is 22.8 Å². The third kappa shape index (κ3) is 3.92. The van der Waals surface area contributed by atoms with Crippen LogP contribution in [-0.2, 0) is 5.54 Å². The van der Waals surface area contributed by atoms with E-state index in [0.717, 1.165) is 0 Å². The fourth-order valence-corrected chi connectivity index (χ4v) is 1.82. The van der Waals surface area contributed by atoms with Gasteiger partial charge < -0.3 is 15.8 Å². The average molecular weight is 325 g/mol. The number of hydrogen-bond acceptors (Lipinski definition) is 4. The fourth-order valence-electron chi connectivity index (χ4n) is 1.82. The highest BCUT2D eigenvalue weighted by Gasteiger charge is 2.17. The van der Waals surface area contributed by atoms with Crippen LogP contribution in [0.1, 0.15) is 31.1 Å². The van der Waals surface area contributed by atoms with E-state index in [2.05, 4.69) is 10.4 Å². The minimum atomic E-state index is -0.227. The molecule has 1 aromatic carbocycles. The molecule has 22 heavy (non-hydrogen) atoms. The van der Waals surface area contributed by atoms with Crippen molar-refractivity contribution in [1.29, 1.82) is 0 Å². The van der Waals surface area contributed by atoms with E-state index in [1.807, 2.05) is 20.8 Å². The number of nitrogens with two attached hydrogens (primary N) is 1. The standard InChI is InChI=1S/C15H20N4O2.ClH/c1-15(2,3)19-9-10(8-17-19)14(20)18-11-5-6-13(21-4)12(16)7-11;/h5-9H,16H2,1-4H3,(H,18,20);1H. The Balaban J connectivity index is 0.00000242. The van der Waals surface area contributed by atoms with Crippen LogP contribution in [0.5, 0.6) is 5.75 Å². The largest absolute Gasteiger partial charge is 0.495 e. The van der Waals surface area contributed by atoms with Crippen LogP contribution in [0.25, 0.3) is 0 Å². The predicted molar refractivity (Wildman–Crippen MR) is 89.8 cm³/mol. The highest BCUT2D eigenvalue weighted by atomic mass is 35.5. The molecule has 0 unspecified atom stereocenters. The van der Waals surface area contributed by atoms with E-state index < -0.39 is 0 Å². The molecule has 0 bridgehead atoms. The number of rotatable bonds is 3. The first-order valence-corrected chi connectivity index (χ1v) is 6.61. The molecule has 0 saturated carbocycles. The van der Waals surface area contributed by atoms with Crippen molar-refractivity contribution in [3.63, 3.8) is 0 Å². The van der Waals surface area contributed by atoms with E-state index in [9.17, 15) is 4.79 Å². The van der Waals surface area contributed by atoms with Crippen LogP contribution in [0.4, 0.5) is 11.4 Å². The average Bonchev–Trinajstić information content (AvgIpc) is 2.88. The number of anilines is 2. The number of nitrogens with zero attached hydrogens (tertiary/aromatic N) is 2. The molecular weight excluding hydrogens is 304 g/mol. The number of amides is 1. The normalized spacial score (nSPS) is 10.7. The van der Waals surface area contributed by atoms with E-state index in [1.165, 1.54) is 0 Å². The minimum absolute atomic E-state index is 0. The van der Waals surface area contributed by atoms with E-state index in [4.69, 9.17) is 10.5 Å². The van der Waals surface area contributed by atoms with Crippen LogP contribution in [0.15, 0.2) is 30.6 Å². The maximum Gasteiger partial charge on any atom is 0.258 e. The van der Waals surface area contributed by atoms with Gasteiger partial charge in [-0.15, -0.1) is 12.4 Å². The summed E-state index contributed by atoms with van der Waals surface area (Å²) in [4.78, 5) is 12.2. The third-order valence-corrected chi connectivity index (χ3v) is 3.02. The summed E-state index contributed by atoms with van der Waals surface area (Å²) in [5.74, 6) is 0.351. The zero-order valence-corrected chi connectivity index (χ0v) is 13.9. The molecule has 0 fully saturated rings. The Labute approximate surface area is 136 Å². The van der Waals surface area contributed by atoms with Gasteiger partial charge in [-0.25, -0.2) is 0 Å². The lowest BCUT2D eigenvalue weighted by Crippen LogP contribution is -2.22. The first-order chi connectivity index (χ1) is 9.81. The van der Waals surface area contributed by atoms with Gasteiger partial charge in [0.05, 0.1) is 30.1 Å². The molecule has 0 aliphatic rings. The fraction of sp³-hybridized carbons (Fsp3) is 0.333. The quantitative estimate of drug-likeness (QED) is 0.850. The molecule has 0 atom stereocenters. The summed E-state index contributed by atoms with van der Waals surface area (Å²) in [5, 5.41) is 6.99. The predicted octanol–water partition coefficient (Wildman–Crippen LogP) is 2.90. The molecule has 2 aromatic rings. The lowest BCUT2D eigenvalue weighted by Gasteiger charge is -2.18. The molecule has 6 nitrogen and oxygen atoms in total. The van der Waals surface area contributed by atoms with Gasteiger partial charge in [0.2, 0.25) is 0 Å². The van der Waals surface area contributed by atoms with E-state index in [-0.39, 0.29) is 23.9 Å². The zero-order valence-electron chi connectivity index (χ0n) is 13.1. The lowest BCUT2D eigenvalue weighted by molar-refractivity contribution is 0.102. The topological polar surface area (TPSA) is 82.2 Å². The zero-order chi connectivity index (χ0) is 15.6. The molecule has 0 radical (unpaired) electrons. The van der Waals surface area contributed by atoms with Gasteiger partial charge >= 0.3 is 0 Å². The molecule has 0 spiro atoms. The highest BCUT2D eigenvalue weighted by Crippen LogP contribution is 2.25. The van der Waals surface area contributed by atoms with Gasteiger partial charge in [0.15, 0.2) is 0 Å². The number of carbonyl (C=O) groups excluding carboxylic acids is 1. The van der Waals surface area contributed by atoms with Gasteiger partial charge in [0.1, 0.15) is 5.75 Å². The Morgan fingerprint density at radius 2 is 2.05 bits per heavy atom. The second-order valence-corrected chi connectivity index (χ2v) is 5.76. The Bertz CT molecular complexity index is 662. The van der Waals surface area contributed by atoms with Crippen LogP contribution in [0.2, 0.25) is 0 Å². The Morgan fingerprint density at radius 1 is 1.36 bits per heavy atom. The van der Waals surface area contributed by atoms with Crippen molar-refractivity contribution in [3.8, 4) is 5.75 Å². The van der Waals surface area contributed by atoms with Crippen molar-refractivity contribution in [1.82, 2.24) is 9.78 Å². The monoisotopic (exact) mass is 324 g/mol. The number of carbonyl (C=O) groups is 1. The number of halogens is 1. The van der Waals surface area contributed by atoms with Crippen molar-refractivity contribution < 1.29 is 9.53 Å². The summed E-state index contributed by atoms with van der Waals surface area (Å²) >= 11 is 0. The lowest BCUT2D eigenvalue weighted by atomic mass is 10.1. The van der Waals surface area contributed by atoms with Crippen LogP contribution >= 0.6 is 12.4 Å². The number of hydrogen-bond donors (Lipinski definition) is 2. The number of methoxy groups -OCH3 is 1. The van der Waals surface area contributed by atoms with Crippen molar-refractivity contribution in [3.05, 3.63) is 36.2 Å². The van der Waals surface area contributed by atoms with Crippen molar-refractivity contribution in [2.45, 2.75) is 26.3 Å². The maximum atomic E-state index is 12.2. The number of nitrogens with one attached hydrogen (secondary N) is 1. The third-order valence-electron chi connectivity index (χ3n) is 3.02. The van der Waals surface area contributed by atoms with Gasteiger partial charge in [0, 0.05) is 11.9 Å². The minimum Gasteiger partial charge on any atom is -0.495 e. The molecule has 0 aliphatic heterocycles. The molecule has 1 amide bonds. The van der Waals surface area contributed by atoms with Crippen molar-refractivity contribution in [2.24, 2.45) is 0 Å². The van der Waals surface area contributed by atoms with Gasteiger partial charge in [-0.1, -0.05) is 0 Å². The molecule has 2 rings (SSSR count). The number of nitrogen functional groups attached to an aromatic ring is 1. The van der Waals surface area contributed by atoms with E-state index in [0.29, 0.717) is 22.7 Å². The molecule has 0 saturated heterocycles. The van der Waals surface area contributed by atoms with Gasteiger partial charge in [-0.05, 0) is 39.0 Å². The summed E-state index contributed by atoms with van der Waals surface area (Å²) in [6.07, 6.45) is 3.27. The first-order valence-electron chi connectivity index (χ1n) is 6.61. The SMILES string of the molecule is COc1ccc(NC(=O)c2cnn(C(C)(C)C)c2)cc1N.Cl. The molecule has 3 N–H and O–H groups in total. The smallest absolute Gasteiger partial charge is 0.258 e. The Kier molecular flexibility index (Phi) is 5.43. The first kappa shape index (κ1) is 17.8. The highest BCUT2D eigenvalue weighted by molar-refractivity contribution is 6.04. The molecule has 0 aliphatic carbocycles. The second kappa shape index (κ2) is 6.70. The molecule has 120 valence electrons. The van der Waals surface area contributed by atoms with Crippen LogP contribution in [0.3, 0.4) is 0 Å². The Hall–Kier alpha value is -2.21. The molecule has 1 heterocycles. The molecule has 7 heteroatoms. The number of ether oxygens (including phenoxy) is 1. The summed E-state index contributed by atoms with van der Waals surface area (Å²) in [7, 11) is 1.55. The number of benzene rings is 1. The van der Waals surface area contributed by atoms with Crippen molar-refractivity contribution >= 4 is 29.7 Å². The van der Waals surface area contributed by atoms with Gasteiger partial charge in [-0.3, -0.25) is 9.48 Å². The number of aromatic nitrogens is 2. The van der Waals surface area contributed by atoms with Crippen LogP contribution < -0.4 is 15.8 Å².